The first-order valence-corrected chi connectivity index (χ1v) is 7.57. The lowest BCUT2D eigenvalue weighted by atomic mass is 10.2. The molecule has 0 saturated heterocycles. The highest BCUT2D eigenvalue weighted by Gasteiger charge is 2.27. The zero-order valence-electron chi connectivity index (χ0n) is 11.9. The molecule has 0 atom stereocenters. The van der Waals surface area contributed by atoms with Crippen LogP contribution in [0.15, 0.2) is 18.2 Å². The second kappa shape index (κ2) is 6.95. The molecule has 0 radical (unpaired) electrons. The fourth-order valence-electron chi connectivity index (χ4n) is 2.33. The Labute approximate surface area is 125 Å². The molecule has 4 nitrogen and oxygen atoms in total. The van der Waals surface area contributed by atoms with Crippen molar-refractivity contribution >= 4 is 28.9 Å². The topological polar surface area (TPSA) is 58.4 Å². The fourth-order valence-corrected chi connectivity index (χ4v) is 2.44. The van der Waals surface area contributed by atoms with Crippen LogP contribution in [0, 0.1) is 0 Å². The van der Waals surface area contributed by atoms with Crippen LogP contribution in [-0.4, -0.2) is 29.9 Å². The molecule has 1 aromatic rings. The third kappa shape index (κ3) is 4.39. The minimum absolute atomic E-state index is 0.0265. The fraction of sp³-hybridized carbons (Fsp3) is 0.533. The molecule has 1 aliphatic carbocycles. The number of halogens is 1. The Hall–Kier alpha value is -1.26. The number of nitrogens with zero attached hydrogens (tertiary/aromatic N) is 1. The molecule has 1 aromatic carbocycles. The summed E-state index contributed by atoms with van der Waals surface area (Å²) in [5, 5.41) is 3.36. The van der Waals surface area contributed by atoms with Crippen LogP contribution in [0.1, 0.15) is 32.6 Å². The zero-order valence-corrected chi connectivity index (χ0v) is 12.6. The Balaban J connectivity index is 1.73. The van der Waals surface area contributed by atoms with Gasteiger partial charge in [0.15, 0.2) is 0 Å². The Morgan fingerprint density at radius 1 is 1.50 bits per heavy atom. The quantitative estimate of drug-likeness (QED) is 0.760. The van der Waals surface area contributed by atoms with Crippen LogP contribution in [-0.2, 0) is 4.79 Å². The van der Waals surface area contributed by atoms with Gasteiger partial charge in [0.25, 0.3) is 0 Å². The molecule has 0 unspecified atom stereocenters. The molecule has 20 heavy (non-hydrogen) atoms. The number of carbonyl (C=O) groups is 1. The van der Waals surface area contributed by atoms with Crippen molar-refractivity contribution < 1.29 is 4.79 Å². The molecule has 0 bridgehead atoms. The van der Waals surface area contributed by atoms with Gasteiger partial charge in [0, 0.05) is 18.2 Å². The first kappa shape index (κ1) is 15.1. The standard InChI is InChI=1S/C15H22ClN3O/c1-2-19(12-6-7-12)9-3-4-15(20)18-11-5-8-13(16)14(17)10-11/h5,8,10,12H,2-4,6-7,9,17H2,1H3,(H,18,20). The Kier molecular flexibility index (Phi) is 5.26. The van der Waals surface area contributed by atoms with E-state index in [1.54, 1.807) is 18.2 Å². The maximum atomic E-state index is 11.9. The van der Waals surface area contributed by atoms with E-state index in [-0.39, 0.29) is 5.91 Å². The van der Waals surface area contributed by atoms with E-state index in [0.717, 1.165) is 25.6 Å². The molecule has 1 saturated carbocycles. The molecule has 0 aliphatic heterocycles. The van der Waals surface area contributed by atoms with Crippen LogP contribution < -0.4 is 11.1 Å². The van der Waals surface area contributed by atoms with Crippen LogP contribution >= 0.6 is 11.6 Å². The lowest BCUT2D eigenvalue weighted by Gasteiger charge is -2.19. The van der Waals surface area contributed by atoms with E-state index in [0.29, 0.717) is 22.8 Å². The summed E-state index contributed by atoms with van der Waals surface area (Å²) in [6.07, 6.45) is 4.04. The highest BCUT2D eigenvalue weighted by molar-refractivity contribution is 6.33. The number of amides is 1. The van der Waals surface area contributed by atoms with E-state index >= 15 is 0 Å². The summed E-state index contributed by atoms with van der Waals surface area (Å²) in [4.78, 5) is 14.3. The molecule has 2 rings (SSSR count). The van der Waals surface area contributed by atoms with Crippen LogP contribution in [0.25, 0.3) is 0 Å². The average Bonchev–Trinajstić information content (AvgIpc) is 3.23. The summed E-state index contributed by atoms with van der Waals surface area (Å²) in [6, 6.07) is 5.90. The molecule has 1 amide bonds. The number of hydrogen-bond donors (Lipinski definition) is 2. The van der Waals surface area contributed by atoms with Crippen molar-refractivity contribution in [1.82, 2.24) is 4.90 Å². The molecule has 0 aromatic heterocycles. The van der Waals surface area contributed by atoms with E-state index in [2.05, 4.69) is 17.1 Å². The van der Waals surface area contributed by atoms with Crippen molar-refractivity contribution in [1.29, 1.82) is 0 Å². The number of hydrogen-bond acceptors (Lipinski definition) is 3. The smallest absolute Gasteiger partial charge is 0.224 e. The lowest BCUT2D eigenvalue weighted by Crippen LogP contribution is -2.27. The molecule has 3 N–H and O–H groups in total. The number of nitrogen functional groups attached to an aromatic ring is 1. The summed E-state index contributed by atoms with van der Waals surface area (Å²) in [7, 11) is 0. The number of nitrogens with two attached hydrogens (primary N) is 1. The summed E-state index contributed by atoms with van der Waals surface area (Å²) < 4.78 is 0. The van der Waals surface area contributed by atoms with Crippen molar-refractivity contribution in [2.75, 3.05) is 24.1 Å². The summed E-state index contributed by atoms with van der Waals surface area (Å²) >= 11 is 5.84. The van der Waals surface area contributed by atoms with Gasteiger partial charge in [-0.15, -0.1) is 0 Å². The van der Waals surface area contributed by atoms with E-state index < -0.39 is 0 Å². The summed E-state index contributed by atoms with van der Waals surface area (Å²) in [5.74, 6) is 0.0265. The second-order valence-corrected chi connectivity index (χ2v) is 5.65. The van der Waals surface area contributed by atoms with E-state index in [1.165, 1.54) is 12.8 Å². The largest absolute Gasteiger partial charge is 0.397 e. The number of carbonyl (C=O) groups excluding carboxylic acids is 1. The molecule has 110 valence electrons. The van der Waals surface area contributed by atoms with Gasteiger partial charge in [0.1, 0.15) is 0 Å². The minimum atomic E-state index is 0.0265. The number of rotatable bonds is 7. The molecular weight excluding hydrogens is 274 g/mol. The molecule has 1 aliphatic rings. The van der Waals surface area contributed by atoms with Crippen LogP contribution in [0.2, 0.25) is 5.02 Å². The predicted octanol–water partition coefficient (Wildman–Crippen LogP) is 3.13. The first-order chi connectivity index (χ1) is 9.60. The maximum absolute atomic E-state index is 11.9. The maximum Gasteiger partial charge on any atom is 0.224 e. The van der Waals surface area contributed by atoms with E-state index in [9.17, 15) is 4.79 Å². The minimum Gasteiger partial charge on any atom is -0.397 e. The van der Waals surface area contributed by atoms with Gasteiger partial charge < -0.3 is 16.0 Å². The summed E-state index contributed by atoms with van der Waals surface area (Å²) in [6.45, 7) is 4.24. The van der Waals surface area contributed by atoms with Gasteiger partial charge in [-0.1, -0.05) is 18.5 Å². The SMILES string of the molecule is CCN(CCCC(=O)Nc1ccc(Cl)c(N)c1)C1CC1. The third-order valence-corrected chi connectivity index (χ3v) is 3.94. The average molecular weight is 296 g/mol. The molecular formula is C15H22ClN3O. The van der Waals surface area contributed by atoms with Crippen molar-refractivity contribution in [3.63, 3.8) is 0 Å². The van der Waals surface area contributed by atoms with Gasteiger partial charge in [-0.25, -0.2) is 0 Å². The van der Waals surface area contributed by atoms with E-state index in [4.69, 9.17) is 17.3 Å². The normalized spacial score (nSPS) is 14.6. The summed E-state index contributed by atoms with van der Waals surface area (Å²) in [5.41, 5.74) is 6.89. The van der Waals surface area contributed by atoms with Gasteiger partial charge in [-0.3, -0.25) is 4.79 Å². The van der Waals surface area contributed by atoms with E-state index in [1.807, 2.05) is 0 Å². The Morgan fingerprint density at radius 3 is 2.85 bits per heavy atom. The van der Waals surface area contributed by atoms with Gasteiger partial charge in [-0.05, 0) is 50.6 Å². The Bertz CT molecular complexity index is 474. The monoisotopic (exact) mass is 295 g/mol. The van der Waals surface area contributed by atoms with Crippen LogP contribution in [0.3, 0.4) is 0 Å². The molecule has 0 heterocycles. The predicted molar refractivity (Wildman–Crippen MR) is 84.0 cm³/mol. The third-order valence-electron chi connectivity index (χ3n) is 3.60. The van der Waals surface area contributed by atoms with Crippen molar-refractivity contribution in [2.45, 2.75) is 38.6 Å². The lowest BCUT2D eigenvalue weighted by molar-refractivity contribution is -0.116. The van der Waals surface area contributed by atoms with Crippen LogP contribution in [0.4, 0.5) is 11.4 Å². The number of benzene rings is 1. The molecule has 5 heteroatoms. The Morgan fingerprint density at radius 2 is 2.25 bits per heavy atom. The highest BCUT2D eigenvalue weighted by Crippen LogP contribution is 2.26. The van der Waals surface area contributed by atoms with Gasteiger partial charge in [0.2, 0.25) is 5.91 Å². The first-order valence-electron chi connectivity index (χ1n) is 7.19. The van der Waals surface area contributed by atoms with Crippen molar-refractivity contribution in [2.24, 2.45) is 0 Å². The van der Waals surface area contributed by atoms with Crippen molar-refractivity contribution in [3.05, 3.63) is 23.2 Å². The highest BCUT2D eigenvalue weighted by atomic mass is 35.5. The molecule has 0 spiro atoms. The van der Waals surface area contributed by atoms with Gasteiger partial charge in [0.05, 0.1) is 10.7 Å². The van der Waals surface area contributed by atoms with Gasteiger partial charge >= 0.3 is 0 Å². The van der Waals surface area contributed by atoms with Crippen molar-refractivity contribution in [3.8, 4) is 0 Å². The number of nitrogens with one attached hydrogen (secondary N) is 1. The molecule has 1 fully saturated rings. The number of anilines is 2. The zero-order chi connectivity index (χ0) is 14.5. The van der Waals surface area contributed by atoms with Gasteiger partial charge in [-0.2, -0.15) is 0 Å². The van der Waals surface area contributed by atoms with Crippen LogP contribution in [0.5, 0.6) is 0 Å². The second-order valence-electron chi connectivity index (χ2n) is 5.25.